The first-order chi connectivity index (χ1) is 11.7. The summed E-state index contributed by atoms with van der Waals surface area (Å²) in [6.45, 7) is 6.44. The van der Waals surface area contributed by atoms with Gasteiger partial charge in [0.25, 0.3) is 0 Å². The molecule has 0 saturated carbocycles. The van der Waals surface area contributed by atoms with Crippen molar-refractivity contribution in [2.75, 3.05) is 20.1 Å². The number of piperidine rings is 1. The Kier molecular flexibility index (Phi) is 4.37. The number of likely N-dealkylation sites (N-methyl/N-ethyl adjacent to an activating group) is 1. The Morgan fingerprint density at radius 2 is 2.17 bits per heavy atom. The fourth-order valence-corrected chi connectivity index (χ4v) is 4.54. The molecule has 2 saturated heterocycles. The van der Waals surface area contributed by atoms with E-state index in [1.807, 2.05) is 12.3 Å². The molecule has 24 heavy (non-hydrogen) atoms. The molecule has 0 aromatic carbocycles. The van der Waals surface area contributed by atoms with Gasteiger partial charge in [-0.3, -0.25) is 19.5 Å². The van der Waals surface area contributed by atoms with Gasteiger partial charge in [-0.05, 0) is 50.9 Å². The lowest BCUT2D eigenvalue weighted by atomic mass is 9.92. The fraction of sp³-hybridized carbons (Fsp3) is 0.579. The summed E-state index contributed by atoms with van der Waals surface area (Å²) in [6.07, 6.45) is 6.49. The summed E-state index contributed by atoms with van der Waals surface area (Å²) >= 11 is 0. The van der Waals surface area contributed by atoms with Crippen molar-refractivity contribution in [3.05, 3.63) is 48.0 Å². The predicted molar refractivity (Wildman–Crippen MR) is 94.5 cm³/mol. The Hall–Kier alpha value is -1.72. The van der Waals surface area contributed by atoms with E-state index in [0.717, 1.165) is 30.7 Å². The van der Waals surface area contributed by atoms with Crippen molar-refractivity contribution in [2.45, 2.75) is 44.9 Å². The van der Waals surface area contributed by atoms with Crippen LogP contribution in [0.5, 0.6) is 0 Å². The standard InChI is InChI=1S/C19H27N5/c1-15-5-3-6-17(21-15)13-23-10-7-19-16(12-23)11-18(22(19)2)14-24-9-4-8-20-24/h3-6,8-9,16,18-19H,7,10-14H2,1-2H3/t16-,18?,19+/m0/s1. The van der Waals surface area contributed by atoms with E-state index in [9.17, 15) is 0 Å². The molecule has 0 N–H and O–H groups in total. The molecule has 4 heterocycles. The van der Waals surface area contributed by atoms with Gasteiger partial charge in [0.1, 0.15) is 0 Å². The largest absolute Gasteiger partial charge is 0.298 e. The zero-order valence-electron chi connectivity index (χ0n) is 14.7. The van der Waals surface area contributed by atoms with Crippen LogP contribution in [-0.2, 0) is 13.1 Å². The van der Waals surface area contributed by atoms with Crippen molar-refractivity contribution in [1.29, 1.82) is 0 Å². The van der Waals surface area contributed by atoms with Crippen LogP contribution in [0.1, 0.15) is 24.2 Å². The monoisotopic (exact) mass is 325 g/mol. The van der Waals surface area contributed by atoms with Crippen LogP contribution in [0, 0.1) is 12.8 Å². The maximum absolute atomic E-state index is 4.67. The lowest BCUT2D eigenvalue weighted by molar-refractivity contribution is 0.109. The second kappa shape index (κ2) is 6.65. The van der Waals surface area contributed by atoms with Crippen molar-refractivity contribution >= 4 is 0 Å². The molecular weight excluding hydrogens is 298 g/mol. The third-order valence-corrected chi connectivity index (χ3v) is 5.74. The summed E-state index contributed by atoms with van der Waals surface area (Å²) in [7, 11) is 2.30. The van der Waals surface area contributed by atoms with E-state index in [-0.39, 0.29) is 0 Å². The number of aryl methyl sites for hydroxylation is 1. The first kappa shape index (κ1) is 15.8. The molecule has 1 unspecified atom stereocenters. The van der Waals surface area contributed by atoms with Crippen molar-refractivity contribution in [3.63, 3.8) is 0 Å². The van der Waals surface area contributed by atoms with Crippen molar-refractivity contribution < 1.29 is 0 Å². The molecule has 0 bridgehead atoms. The molecule has 3 atom stereocenters. The van der Waals surface area contributed by atoms with Crippen molar-refractivity contribution in [1.82, 2.24) is 24.6 Å². The number of hydrogen-bond acceptors (Lipinski definition) is 4. The Labute approximate surface area is 144 Å². The number of pyridine rings is 1. The number of hydrogen-bond donors (Lipinski definition) is 0. The second-order valence-corrected chi connectivity index (χ2v) is 7.40. The number of rotatable bonds is 4. The second-order valence-electron chi connectivity index (χ2n) is 7.40. The van der Waals surface area contributed by atoms with Gasteiger partial charge < -0.3 is 0 Å². The van der Waals surface area contributed by atoms with Crippen LogP contribution >= 0.6 is 0 Å². The van der Waals surface area contributed by atoms with Crippen LogP contribution in [-0.4, -0.2) is 56.8 Å². The van der Waals surface area contributed by atoms with Crippen molar-refractivity contribution in [2.24, 2.45) is 5.92 Å². The molecule has 5 nitrogen and oxygen atoms in total. The zero-order valence-corrected chi connectivity index (χ0v) is 14.7. The summed E-state index contributed by atoms with van der Waals surface area (Å²) < 4.78 is 2.08. The Balaban J connectivity index is 1.38. The van der Waals surface area contributed by atoms with Crippen LogP contribution in [0.25, 0.3) is 0 Å². The number of aromatic nitrogens is 3. The average Bonchev–Trinajstić information content (AvgIpc) is 3.17. The topological polar surface area (TPSA) is 37.2 Å². The molecule has 128 valence electrons. The smallest absolute Gasteiger partial charge is 0.0565 e. The molecule has 0 aliphatic carbocycles. The minimum Gasteiger partial charge on any atom is -0.298 e. The first-order valence-electron chi connectivity index (χ1n) is 9.03. The van der Waals surface area contributed by atoms with Gasteiger partial charge in [-0.15, -0.1) is 0 Å². The SMILES string of the molecule is Cc1cccc(CN2CC[C@@H]3[C@@H](CC(Cn4cccn4)N3C)C2)n1. The summed E-state index contributed by atoms with van der Waals surface area (Å²) in [4.78, 5) is 9.87. The van der Waals surface area contributed by atoms with Gasteiger partial charge in [-0.2, -0.15) is 5.10 Å². The van der Waals surface area contributed by atoms with Crippen LogP contribution in [0.15, 0.2) is 36.7 Å². The van der Waals surface area contributed by atoms with E-state index < -0.39 is 0 Å². The van der Waals surface area contributed by atoms with Gasteiger partial charge in [-0.1, -0.05) is 6.07 Å². The van der Waals surface area contributed by atoms with Gasteiger partial charge in [0.2, 0.25) is 0 Å². The highest BCUT2D eigenvalue weighted by Crippen LogP contribution is 2.35. The van der Waals surface area contributed by atoms with E-state index >= 15 is 0 Å². The lowest BCUT2D eigenvalue weighted by Gasteiger charge is -2.37. The van der Waals surface area contributed by atoms with Gasteiger partial charge in [-0.25, -0.2) is 0 Å². The minimum atomic E-state index is 0.608. The molecule has 0 spiro atoms. The van der Waals surface area contributed by atoms with Gasteiger partial charge in [0, 0.05) is 49.8 Å². The van der Waals surface area contributed by atoms with Gasteiger partial charge in [0.05, 0.1) is 12.2 Å². The zero-order chi connectivity index (χ0) is 16.5. The molecule has 2 aromatic rings. The quantitative estimate of drug-likeness (QED) is 0.863. The average molecular weight is 325 g/mol. The summed E-state index contributed by atoms with van der Waals surface area (Å²) in [6, 6.07) is 9.69. The van der Waals surface area contributed by atoms with Crippen LogP contribution in [0.3, 0.4) is 0 Å². The Bertz CT molecular complexity index is 668. The van der Waals surface area contributed by atoms with E-state index in [1.54, 1.807) is 0 Å². The van der Waals surface area contributed by atoms with E-state index in [1.165, 1.54) is 31.6 Å². The fourth-order valence-electron chi connectivity index (χ4n) is 4.54. The molecule has 2 fully saturated rings. The van der Waals surface area contributed by atoms with E-state index in [0.29, 0.717) is 6.04 Å². The number of fused-ring (bicyclic) bond motifs is 1. The highest BCUT2D eigenvalue weighted by molar-refractivity contribution is 5.10. The Morgan fingerprint density at radius 3 is 2.96 bits per heavy atom. The number of nitrogens with zero attached hydrogens (tertiary/aromatic N) is 5. The van der Waals surface area contributed by atoms with E-state index in [2.05, 4.69) is 62.9 Å². The van der Waals surface area contributed by atoms with Gasteiger partial charge in [0.15, 0.2) is 0 Å². The highest BCUT2D eigenvalue weighted by Gasteiger charge is 2.41. The normalized spacial score (nSPS) is 28.2. The molecule has 5 heteroatoms. The molecule has 2 aromatic heterocycles. The molecule has 2 aliphatic heterocycles. The molecule has 2 aliphatic rings. The summed E-state index contributed by atoms with van der Waals surface area (Å²) in [5, 5.41) is 4.38. The lowest BCUT2D eigenvalue weighted by Crippen LogP contribution is -2.45. The third kappa shape index (κ3) is 3.23. The highest BCUT2D eigenvalue weighted by atomic mass is 15.3. The summed E-state index contributed by atoms with van der Waals surface area (Å²) in [5.74, 6) is 0.772. The first-order valence-corrected chi connectivity index (χ1v) is 9.03. The number of likely N-dealkylation sites (tertiary alicyclic amines) is 2. The van der Waals surface area contributed by atoms with Crippen LogP contribution in [0.4, 0.5) is 0 Å². The molecule has 4 rings (SSSR count). The summed E-state index contributed by atoms with van der Waals surface area (Å²) in [5.41, 5.74) is 2.31. The third-order valence-electron chi connectivity index (χ3n) is 5.74. The maximum Gasteiger partial charge on any atom is 0.0565 e. The van der Waals surface area contributed by atoms with E-state index in [4.69, 9.17) is 0 Å². The van der Waals surface area contributed by atoms with Gasteiger partial charge >= 0.3 is 0 Å². The van der Waals surface area contributed by atoms with Crippen LogP contribution in [0.2, 0.25) is 0 Å². The van der Waals surface area contributed by atoms with Crippen LogP contribution < -0.4 is 0 Å². The molecule has 0 amide bonds. The Morgan fingerprint density at radius 1 is 1.25 bits per heavy atom. The molecular formula is C19H27N5. The predicted octanol–water partition coefficient (Wildman–Crippen LogP) is 2.18. The minimum absolute atomic E-state index is 0.608. The van der Waals surface area contributed by atoms with Crippen molar-refractivity contribution in [3.8, 4) is 0 Å². The molecule has 0 radical (unpaired) electrons. The maximum atomic E-state index is 4.67.